The zero-order chi connectivity index (χ0) is 17.2. The quantitative estimate of drug-likeness (QED) is 0.850. The molecule has 2 fully saturated rings. The summed E-state index contributed by atoms with van der Waals surface area (Å²) in [4.78, 5) is 5.14. The second kappa shape index (κ2) is 7.03. The van der Waals surface area contributed by atoms with Gasteiger partial charge in [-0.05, 0) is 50.6 Å². The summed E-state index contributed by atoms with van der Waals surface area (Å²) >= 11 is 0. The molecular formula is C21H25N3O. The molecule has 4 nitrogen and oxygen atoms in total. The van der Waals surface area contributed by atoms with Crippen LogP contribution < -0.4 is 0 Å². The molecule has 3 heterocycles. The number of rotatable bonds is 4. The second-order valence-corrected chi connectivity index (χ2v) is 7.35. The first kappa shape index (κ1) is 16.4. The van der Waals surface area contributed by atoms with Crippen molar-refractivity contribution in [3.05, 3.63) is 47.7 Å². The van der Waals surface area contributed by atoms with Crippen molar-refractivity contribution in [3.63, 3.8) is 0 Å². The van der Waals surface area contributed by atoms with Crippen LogP contribution >= 0.6 is 0 Å². The maximum absolute atomic E-state index is 9.25. The molecule has 0 amide bonds. The Morgan fingerprint density at radius 1 is 1.16 bits per heavy atom. The molecule has 1 atom stereocenters. The fraction of sp³-hybridized carbons (Fsp3) is 0.476. The normalized spacial score (nSPS) is 22.5. The number of hydrogen-bond donors (Lipinski definition) is 0. The van der Waals surface area contributed by atoms with Gasteiger partial charge in [0.15, 0.2) is 0 Å². The fourth-order valence-electron chi connectivity index (χ4n) is 4.17. The van der Waals surface area contributed by atoms with Crippen molar-refractivity contribution >= 4 is 0 Å². The minimum atomic E-state index is 0.659. The first-order valence-electron chi connectivity index (χ1n) is 9.31. The van der Waals surface area contributed by atoms with Crippen LogP contribution in [-0.4, -0.2) is 41.5 Å². The predicted octanol–water partition coefficient (Wildman–Crippen LogP) is 3.88. The third kappa shape index (κ3) is 3.35. The van der Waals surface area contributed by atoms with E-state index >= 15 is 0 Å². The van der Waals surface area contributed by atoms with Crippen LogP contribution in [-0.2, 0) is 6.54 Å². The largest absolute Gasteiger partial charge is 0.460 e. The average molecular weight is 335 g/mol. The molecule has 130 valence electrons. The van der Waals surface area contributed by atoms with E-state index in [-0.39, 0.29) is 0 Å². The van der Waals surface area contributed by atoms with E-state index in [1.807, 2.05) is 36.4 Å². The van der Waals surface area contributed by atoms with Crippen molar-refractivity contribution in [1.29, 1.82) is 5.26 Å². The Morgan fingerprint density at radius 3 is 2.80 bits per heavy atom. The SMILES string of the molecule is C[C@@H]1CCCCN1C1CN(Cc2ccc(-c3ccccc3C#N)o2)C1. The summed E-state index contributed by atoms with van der Waals surface area (Å²) < 4.78 is 6.01. The van der Waals surface area contributed by atoms with Crippen molar-refractivity contribution in [3.8, 4) is 17.4 Å². The highest BCUT2D eigenvalue weighted by atomic mass is 16.3. The number of hydrogen-bond acceptors (Lipinski definition) is 4. The lowest BCUT2D eigenvalue weighted by Crippen LogP contribution is -2.61. The van der Waals surface area contributed by atoms with Crippen LogP contribution in [0, 0.1) is 11.3 Å². The summed E-state index contributed by atoms with van der Waals surface area (Å²) in [7, 11) is 0. The maximum atomic E-state index is 9.25. The summed E-state index contributed by atoms with van der Waals surface area (Å²) in [6.07, 6.45) is 4.07. The Labute approximate surface area is 149 Å². The molecule has 1 aromatic heterocycles. The van der Waals surface area contributed by atoms with E-state index in [9.17, 15) is 5.26 Å². The standard InChI is InChI=1S/C21H25N3O/c1-16-6-4-5-11-24(16)18-13-23(14-18)15-19-9-10-21(25-19)20-8-3-2-7-17(20)12-22/h2-3,7-10,16,18H,4-6,11,13-15H2,1H3/t16-/m1/s1. The Balaban J connectivity index is 1.36. The molecule has 4 heteroatoms. The monoisotopic (exact) mass is 335 g/mol. The molecule has 0 unspecified atom stereocenters. The first-order chi connectivity index (χ1) is 12.2. The molecule has 4 rings (SSSR count). The van der Waals surface area contributed by atoms with Gasteiger partial charge in [0.25, 0.3) is 0 Å². The van der Waals surface area contributed by atoms with E-state index in [4.69, 9.17) is 4.42 Å². The minimum Gasteiger partial charge on any atom is -0.460 e. The molecule has 0 radical (unpaired) electrons. The van der Waals surface area contributed by atoms with Crippen molar-refractivity contribution in [2.75, 3.05) is 19.6 Å². The van der Waals surface area contributed by atoms with Gasteiger partial charge in [-0.3, -0.25) is 9.80 Å². The highest BCUT2D eigenvalue weighted by Gasteiger charge is 2.35. The van der Waals surface area contributed by atoms with E-state index in [1.54, 1.807) is 0 Å². The number of benzene rings is 1. The lowest BCUT2D eigenvalue weighted by molar-refractivity contribution is -0.00883. The molecule has 0 saturated carbocycles. The summed E-state index contributed by atoms with van der Waals surface area (Å²) in [5.74, 6) is 1.77. The van der Waals surface area contributed by atoms with Gasteiger partial charge in [-0.15, -0.1) is 0 Å². The zero-order valence-electron chi connectivity index (χ0n) is 14.8. The van der Waals surface area contributed by atoms with Crippen LogP contribution in [0.3, 0.4) is 0 Å². The van der Waals surface area contributed by atoms with Gasteiger partial charge in [0.05, 0.1) is 18.2 Å². The van der Waals surface area contributed by atoms with Crippen molar-refractivity contribution in [2.45, 2.75) is 44.8 Å². The van der Waals surface area contributed by atoms with Gasteiger partial charge >= 0.3 is 0 Å². The molecule has 0 bridgehead atoms. The molecular weight excluding hydrogens is 310 g/mol. The summed E-state index contributed by atoms with van der Waals surface area (Å²) in [5, 5.41) is 9.25. The highest BCUT2D eigenvalue weighted by molar-refractivity contribution is 5.66. The molecule has 2 aromatic rings. The van der Waals surface area contributed by atoms with Crippen LogP contribution in [0.4, 0.5) is 0 Å². The Hall–Kier alpha value is -2.09. The second-order valence-electron chi connectivity index (χ2n) is 7.35. The van der Waals surface area contributed by atoms with Gasteiger partial charge < -0.3 is 4.42 Å². The Morgan fingerprint density at radius 2 is 2.00 bits per heavy atom. The highest BCUT2D eigenvalue weighted by Crippen LogP contribution is 2.28. The summed E-state index contributed by atoms with van der Waals surface area (Å²) in [6.45, 7) is 6.75. The number of nitriles is 1. The van der Waals surface area contributed by atoms with Gasteiger partial charge in [0, 0.05) is 30.7 Å². The number of nitrogens with zero attached hydrogens (tertiary/aromatic N) is 3. The topological polar surface area (TPSA) is 43.4 Å². The van der Waals surface area contributed by atoms with E-state index in [1.165, 1.54) is 25.8 Å². The van der Waals surface area contributed by atoms with Crippen LogP contribution in [0.1, 0.15) is 37.5 Å². The fourth-order valence-corrected chi connectivity index (χ4v) is 4.17. The van der Waals surface area contributed by atoms with Gasteiger partial charge in [0.1, 0.15) is 11.5 Å². The summed E-state index contributed by atoms with van der Waals surface area (Å²) in [6, 6.07) is 15.3. The zero-order valence-corrected chi connectivity index (χ0v) is 14.8. The minimum absolute atomic E-state index is 0.659. The van der Waals surface area contributed by atoms with Gasteiger partial charge in [-0.25, -0.2) is 0 Å². The van der Waals surface area contributed by atoms with Gasteiger partial charge in [0.2, 0.25) is 0 Å². The van der Waals surface area contributed by atoms with Crippen LogP contribution in [0.25, 0.3) is 11.3 Å². The van der Waals surface area contributed by atoms with Gasteiger partial charge in [-0.1, -0.05) is 18.6 Å². The third-order valence-corrected chi connectivity index (χ3v) is 5.62. The summed E-state index contributed by atoms with van der Waals surface area (Å²) in [5.41, 5.74) is 1.53. The van der Waals surface area contributed by atoms with Crippen molar-refractivity contribution in [1.82, 2.24) is 9.80 Å². The van der Waals surface area contributed by atoms with Crippen molar-refractivity contribution in [2.24, 2.45) is 0 Å². The van der Waals surface area contributed by atoms with E-state index in [0.29, 0.717) is 11.6 Å². The van der Waals surface area contributed by atoms with Crippen molar-refractivity contribution < 1.29 is 4.42 Å². The smallest absolute Gasteiger partial charge is 0.135 e. The molecule has 0 N–H and O–H groups in total. The molecule has 25 heavy (non-hydrogen) atoms. The number of likely N-dealkylation sites (tertiary alicyclic amines) is 2. The lowest BCUT2D eigenvalue weighted by atomic mass is 9.97. The van der Waals surface area contributed by atoms with Gasteiger partial charge in [-0.2, -0.15) is 5.26 Å². The Kier molecular flexibility index (Phi) is 4.61. The molecule has 0 aliphatic carbocycles. The Bertz CT molecular complexity index is 769. The van der Waals surface area contributed by atoms with Crippen LogP contribution in [0.2, 0.25) is 0 Å². The number of furan rings is 1. The molecule has 1 aromatic carbocycles. The molecule has 2 saturated heterocycles. The molecule has 2 aliphatic heterocycles. The maximum Gasteiger partial charge on any atom is 0.135 e. The predicted molar refractivity (Wildman–Crippen MR) is 97.9 cm³/mol. The van der Waals surface area contributed by atoms with Crippen LogP contribution in [0.5, 0.6) is 0 Å². The van der Waals surface area contributed by atoms with E-state index in [0.717, 1.165) is 42.8 Å². The number of piperidine rings is 1. The lowest BCUT2D eigenvalue weighted by Gasteiger charge is -2.49. The van der Waals surface area contributed by atoms with E-state index in [2.05, 4.69) is 22.8 Å². The average Bonchev–Trinajstić information content (AvgIpc) is 3.07. The first-order valence-corrected chi connectivity index (χ1v) is 9.31. The van der Waals surface area contributed by atoms with E-state index < -0.39 is 0 Å². The molecule has 2 aliphatic rings. The third-order valence-electron chi connectivity index (χ3n) is 5.62. The molecule has 0 spiro atoms. The van der Waals surface area contributed by atoms with Crippen LogP contribution in [0.15, 0.2) is 40.8 Å².